The van der Waals surface area contributed by atoms with Crippen LogP contribution in [-0.4, -0.2) is 16.2 Å². The van der Waals surface area contributed by atoms with Crippen molar-refractivity contribution in [1.29, 1.82) is 0 Å². The van der Waals surface area contributed by atoms with E-state index in [0.29, 0.717) is 0 Å². The third-order valence-corrected chi connectivity index (χ3v) is 1.82. The molecule has 0 saturated heterocycles. The molecule has 1 rings (SSSR count). The zero-order chi connectivity index (χ0) is 8.81. The lowest BCUT2D eigenvalue weighted by atomic mass is 10.2. The third-order valence-electron chi connectivity index (χ3n) is 1.41. The second-order valence-corrected chi connectivity index (χ2v) is 3.19. The topological polar surface area (TPSA) is 28.7 Å². The molecular weight excluding hydrogens is 168 g/mol. The molecule has 0 atom stereocenters. The molecule has 0 saturated carbocycles. The van der Waals surface area contributed by atoms with Gasteiger partial charge in [-0.3, -0.25) is 0 Å². The van der Waals surface area contributed by atoms with Crippen LogP contribution in [0.5, 0.6) is 0 Å². The zero-order valence-corrected chi connectivity index (χ0v) is 7.90. The molecule has 2 nitrogen and oxygen atoms in total. The van der Waals surface area contributed by atoms with Gasteiger partial charge in [0.05, 0.1) is 6.33 Å². The zero-order valence-electron chi connectivity index (χ0n) is 7.08. The summed E-state index contributed by atoms with van der Waals surface area (Å²) in [5.74, 6) is 0. The Morgan fingerprint density at radius 2 is 2.67 bits per heavy atom. The molecule has 64 valence electrons. The highest BCUT2D eigenvalue weighted by atomic mass is 32.2. The van der Waals surface area contributed by atoms with Crippen LogP contribution in [-0.2, 0) is 6.42 Å². The van der Waals surface area contributed by atoms with Crippen molar-refractivity contribution >= 4 is 11.8 Å². The van der Waals surface area contributed by atoms with Crippen molar-refractivity contribution in [2.45, 2.75) is 6.42 Å². The van der Waals surface area contributed by atoms with Crippen molar-refractivity contribution in [2.75, 3.05) is 6.26 Å². The van der Waals surface area contributed by atoms with E-state index in [1.807, 2.05) is 23.9 Å². The van der Waals surface area contributed by atoms with Crippen molar-refractivity contribution in [3.63, 3.8) is 0 Å². The molecule has 1 aromatic rings. The fraction of sp³-hybridized carbons (Fsp3) is 0.222. The Labute approximate surface area is 76.8 Å². The number of imidazole rings is 1. The summed E-state index contributed by atoms with van der Waals surface area (Å²) in [7, 11) is 0. The number of hydrogen-bond acceptors (Lipinski definition) is 2. The summed E-state index contributed by atoms with van der Waals surface area (Å²) in [6.45, 7) is 3.92. The molecule has 0 aliphatic carbocycles. The molecule has 0 aliphatic heterocycles. The van der Waals surface area contributed by atoms with Gasteiger partial charge in [0.2, 0.25) is 0 Å². The second-order valence-electron chi connectivity index (χ2n) is 2.45. The summed E-state index contributed by atoms with van der Waals surface area (Å²) in [6.07, 6.45) is 8.39. The normalized spacial score (nSPS) is 10.8. The van der Waals surface area contributed by atoms with Crippen LogP contribution >= 0.6 is 11.8 Å². The molecule has 0 radical (unpaired) electrons. The number of nitrogens with one attached hydrogen (secondary N) is 1. The van der Waals surface area contributed by atoms with E-state index in [1.54, 1.807) is 18.1 Å². The maximum Gasteiger partial charge on any atom is 0.0921 e. The molecule has 1 N–H and O–H groups in total. The first-order chi connectivity index (χ1) is 5.83. The van der Waals surface area contributed by atoms with Gasteiger partial charge in [0.25, 0.3) is 0 Å². The Morgan fingerprint density at radius 3 is 3.25 bits per heavy atom. The SMILES string of the molecule is C=C(/C=C\SC)Cc1cnc[nH]1. The minimum atomic E-state index is 0.844. The molecular formula is C9H12N2S. The Hall–Kier alpha value is -0.960. The fourth-order valence-electron chi connectivity index (χ4n) is 0.849. The molecule has 1 heterocycles. The van der Waals surface area contributed by atoms with Gasteiger partial charge >= 0.3 is 0 Å². The van der Waals surface area contributed by atoms with E-state index in [-0.39, 0.29) is 0 Å². The molecule has 0 unspecified atom stereocenters. The molecule has 0 fully saturated rings. The van der Waals surface area contributed by atoms with E-state index >= 15 is 0 Å². The second kappa shape index (κ2) is 4.83. The van der Waals surface area contributed by atoms with E-state index < -0.39 is 0 Å². The van der Waals surface area contributed by atoms with Crippen molar-refractivity contribution < 1.29 is 0 Å². The van der Waals surface area contributed by atoms with Crippen molar-refractivity contribution in [1.82, 2.24) is 9.97 Å². The number of nitrogens with zero attached hydrogens (tertiary/aromatic N) is 1. The summed E-state index contributed by atoms with van der Waals surface area (Å²) in [5.41, 5.74) is 2.19. The standard InChI is InChI=1S/C9H12N2S/c1-8(3-4-12-2)5-9-6-10-7-11-9/h3-4,6-7H,1,5H2,2H3,(H,10,11)/b4-3-. The van der Waals surface area contributed by atoms with Crippen molar-refractivity contribution in [3.05, 3.63) is 41.9 Å². The van der Waals surface area contributed by atoms with Crippen LogP contribution < -0.4 is 0 Å². The van der Waals surface area contributed by atoms with Gasteiger partial charge in [0, 0.05) is 18.3 Å². The van der Waals surface area contributed by atoms with E-state index in [0.717, 1.165) is 17.7 Å². The predicted octanol–water partition coefficient (Wildman–Crippen LogP) is 2.39. The highest BCUT2D eigenvalue weighted by Gasteiger charge is 1.93. The molecule has 3 heteroatoms. The average molecular weight is 180 g/mol. The number of rotatable bonds is 4. The monoisotopic (exact) mass is 180 g/mol. The summed E-state index contributed by atoms with van der Waals surface area (Å²) >= 11 is 1.68. The minimum Gasteiger partial charge on any atom is -0.348 e. The molecule has 0 spiro atoms. The lowest BCUT2D eigenvalue weighted by molar-refractivity contribution is 1.11. The lowest BCUT2D eigenvalue weighted by Gasteiger charge is -1.95. The Morgan fingerprint density at radius 1 is 1.83 bits per heavy atom. The Kier molecular flexibility index (Phi) is 3.67. The van der Waals surface area contributed by atoms with Crippen LogP contribution in [0.25, 0.3) is 0 Å². The predicted molar refractivity (Wildman–Crippen MR) is 54.1 cm³/mol. The maximum absolute atomic E-state index is 3.93. The highest BCUT2D eigenvalue weighted by Crippen LogP contribution is 2.05. The van der Waals surface area contributed by atoms with Crippen LogP contribution in [0.3, 0.4) is 0 Å². The summed E-state index contributed by atoms with van der Waals surface area (Å²) in [5, 5.41) is 2.03. The van der Waals surface area contributed by atoms with Gasteiger partial charge in [0.15, 0.2) is 0 Å². The molecule has 0 bridgehead atoms. The summed E-state index contributed by atoms with van der Waals surface area (Å²) < 4.78 is 0. The molecule has 0 aliphatic rings. The lowest BCUT2D eigenvalue weighted by Crippen LogP contribution is -1.85. The van der Waals surface area contributed by atoms with Crippen LogP contribution in [0.1, 0.15) is 5.69 Å². The molecule has 12 heavy (non-hydrogen) atoms. The number of thioether (sulfide) groups is 1. The first kappa shape index (κ1) is 9.13. The summed E-state index contributed by atoms with van der Waals surface area (Å²) in [6, 6.07) is 0. The third kappa shape index (κ3) is 2.96. The van der Waals surface area contributed by atoms with E-state index in [1.165, 1.54) is 0 Å². The van der Waals surface area contributed by atoms with Crippen molar-refractivity contribution in [3.8, 4) is 0 Å². The average Bonchev–Trinajstić information content (AvgIpc) is 2.53. The molecule has 1 aromatic heterocycles. The molecule has 0 aromatic carbocycles. The van der Waals surface area contributed by atoms with Crippen LogP contribution in [0, 0.1) is 0 Å². The van der Waals surface area contributed by atoms with Gasteiger partial charge in [-0.05, 0) is 17.2 Å². The largest absolute Gasteiger partial charge is 0.348 e. The van der Waals surface area contributed by atoms with Crippen LogP contribution in [0.2, 0.25) is 0 Å². The van der Waals surface area contributed by atoms with Gasteiger partial charge < -0.3 is 4.98 Å². The highest BCUT2D eigenvalue weighted by molar-refractivity contribution is 8.01. The number of allylic oxidation sites excluding steroid dienone is 2. The van der Waals surface area contributed by atoms with E-state index in [2.05, 4.69) is 16.5 Å². The number of aromatic amines is 1. The number of hydrogen-bond donors (Lipinski definition) is 1. The van der Waals surface area contributed by atoms with Gasteiger partial charge in [0.1, 0.15) is 0 Å². The molecule has 0 amide bonds. The Balaban J connectivity index is 2.42. The number of aromatic nitrogens is 2. The van der Waals surface area contributed by atoms with Gasteiger partial charge in [-0.25, -0.2) is 4.98 Å². The maximum atomic E-state index is 3.93. The van der Waals surface area contributed by atoms with Gasteiger partial charge in [-0.15, -0.1) is 11.8 Å². The van der Waals surface area contributed by atoms with Crippen LogP contribution in [0.15, 0.2) is 36.2 Å². The van der Waals surface area contributed by atoms with Gasteiger partial charge in [-0.1, -0.05) is 12.7 Å². The quantitative estimate of drug-likeness (QED) is 0.721. The van der Waals surface area contributed by atoms with Crippen LogP contribution in [0.4, 0.5) is 0 Å². The number of H-pyrrole nitrogens is 1. The van der Waals surface area contributed by atoms with Crippen molar-refractivity contribution in [2.24, 2.45) is 0 Å². The smallest absolute Gasteiger partial charge is 0.0921 e. The van der Waals surface area contributed by atoms with Gasteiger partial charge in [-0.2, -0.15) is 0 Å². The van der Waals surface area contributed by atoms with E-state index in [4.69, 9.17) is 0 Å². The fourth-order valence-corrected chi connectivity index (χ4v) is 1.18. The first-order valence-corrected chi connectivity index (χ1v) is 4.96. The minimum absolute atomic E-state index is 0.844. The van der Waals surface area contributed by atoms with E-state index in [9.17, 15) is 0 Å². The Bertz CT molecular complexity index is 262. The first-order valence-electron chi connectivity index (χ1n) is 3.67. The summed E-state index contributed by atoms with van der Waals surface area (Å²) in [4.78, 5) is 6.96.